The predicted octanol–water partition coefficient (Wildman–Crippen LogP) is 0.903. The molecular formula is C15H32N2O4. The van der Waals surface area contributed by atoms with Crippen LogP contribution >= 0.6 is 0 Å². The largest absolute Gasteiger partial charge is 0.465 e. The average molecular weight is 304 g/mol. The van der Waals surface area contributed by atoms with Gasteiger partial charge in [-0.3, -0.25) is 9.69 Å². The SMILES string of the molecule is CCNC(C)(CCN(CCOC)CCOC)C(=O)OCC. The maximum atomic E-state index is 12.1. The van der Waals surface area contributed by atoms with Crippen molar-refractivity contribution in [3.63, 3.8) is 0 Å². The van der Waals surface area contributed by atoms with Crippen molar-refractivity contribution >= 4 is 5.97 Å². The van der Waals surface area contributed by atoms with Gasteiger partial charge < -0.3 is 19.5 Å². The maximum Gasteiger partial charge on any atom is 0.326 e. The van der Waals surface area contributed by atoms with E-state index in [2.05, 4.69) is 10.2 Å². The molecule has 0 saturated heterocycles. The van der Waals surface area contributed by atoms with Gasteiger partial charge in [-0.1, -0.05) is 6.92 Å². The second kappa shape index (κ2) is 11.9. The van der Waals surface area contributed by atoms with Crippen LogP contribution in [0.3, 0.4) is 0 Å². The Bertz CT molecular complexity index is 268. The Morgan fingerprint density at radius 1 is 1.10 bits per heavy atom. The van der Waals surface area contributed by atoms with Crippen molar-refractivity contribution in [2.75, 3.05) is 60.2 Å². The number of nitrogens with one attached hydrogen (secondary N) is 1. The van der Waals surface area contributed by atoms with E-state index in [9.17, 15) is 4.79 Å². The van der Waals surface area contributed by atoms with Gasteiger partial charge in [-0.05, 0) is 26.8 Å². The number of carbonyl (C=O) groups excluding carboxylic acids is 1. The number of hydrogen-bond donors (Lipinski definition) is 1. The van der Waals surface area contributed by atoms with Crippen LogP contribution in [0.2, 0.25) is 0 Å². The summed E-state index contributed by atoms with van der Waals surface area (Å²) in [6.45, 7) is 10.6. The fourth-order valence-corrected chi connectivity index (χ4v) is 2.10. The number of rotatable bonds is 13. The van der Waals surface area contributed by atoms with Crippen molar-refractivity contribution in [2.45, 2.75) is 32.7 Å². The Balaban J connectivity index is 4.54. The molecular weight excluding hydrogens is 272 g/mol. The summed E-state index contributed by atoms with van der Waals surface area (Å²) in [5.74, 6) is -0.190. The first-order valence-corrected chi connectivity index (χ1v) is 7.66. The van der Waals surface area contributed by atoms with Gasteiger partial charge in [-0.25, -0.2) is 0 Å². The minimum absolute atomic E-state index is 0.190. The second-order valence-corrected chi connectivity index (χ2v) is 5.16. The van der Waals surface area contributed by atoms with Gasteiger partial charge in [0, 0.05) is 33.9 Å². The number of hydrogen-bond acceptors (Lipinski definition) is 6. The van der Waals surface area contributed by atoms with Crippen molar-refractivity contribution in [2.24, 2.45) is 0 Å². The zero-order chi connectivity index (χ0) is 16.1. The first kappa shape index (κ1) is 20.3. The molecule has 21 heavy (non-hydrogen) atoms. The molecule has 0 fully saturated rings. The van der Waals surface area contributed by atoms with Gasteiger partial charge in [0.1, 0.15) is 5.54 Å². The quantitative estimate of drug-likeness (QED) is 0.510. The van der Waals surface area contributed by atoms with Crippen LogP contribution in [-0.2, 0) is 19.0 Å². The molecule has 0 rings (SSSR count). The van der Waals surface area contributed by atoms with Crippen LogP contribution in [0, 0.1) is 0 Å². The first-order valence-electron chi connectivity index (χ1n) is 7.66. The molecule has 0 saturated carbocycles. The molecule has 1 N–H and O–H groups in total. The third-order valence-electron chi connectivity index (χ3n) is 3.44. The third kappa shape index (κ3) is 8.36. The molecule has 0 aromatic rings. The molecule has 0 spiro atoms. The highest BCUT2D eigenvalue weighted by Crippen LogP contribution is 2.13. The second-order valence-electron chi connectivity index (χ2n) is 5.16. The molecule has 0 aliphatic rings. The van der Waals surface area contributed by atoms with Crippen LogP contribution < -0.4 is 5.32 Å². The topological polar surface area (TPSA) is 60.0 Å². The number of likely N-dealkylation sites (N-methyl/N-ethyl adjacent to an activating group) is 1. The number of methoxy groups -OCH3 is 2. The first-order chi connectivity index (χ1) is 10.0. The van der Waals surface area contributed by atoms with Crippen molar-refractivity contribution in [3.05, 3.63) is 0 Å². The molecule has 0 amide bonds. The molecule has 6 nitrogen and oxygen atoms in total. The summed E-state index contributed by atoms with van der Waals surface area (Å²) in [6, 6.07) is 0. The Hall–Kier alpha value is -0.690. The highest BCUT2D eigenvalue weighted by atomic mass is 16.5. The summed E-state index contributed by atoms with van der Waals surface area (Å²) in [5, 5.41) is 3.25. The van der Waals surface area contributed by atoms with Gasteiger partial charge in [0.05, 0.1) is 19.8 Å². The van der Waals surface area contributed by atoms with Gasteiger partial charge in [0.15, 0.2) is 0 Å². The summed E-state index contributed by atoms with van der Waals surface area (Å²) in [7, 11) is 3.38. The van der Waals surface area contributed by atoms with E-state index < -0.39 is 5.54 Å². The standard InChI is InChI=1S/C15H32N2O4/c1-6-16-15(3,14(18)21-7-2)8-9-17(10-12-19-4)11-13-20-5/h16H,6-13H2,1-5H3. The average Bonchev–Trinajstić information content (AvgIpc) is 2.47. The highest BCUT2D eigenvalue weighted by Gasteiger charge is 2.33. The number of carbonyl (C=O) groups is 1. The minimum atomic E-state index is -0.650. The molecule has 126 valence electrons. The van der Waals surface area contributed by atoms with Crippen LogP contribution in [0.15, 0.2) is 0 Å². The van der Waals surface area contributed by atoms with Crippen LogP contribution in [0.5, 0.6) is 0 Å². The van der Waals surface area contributed by atoms with E-state index in [-0.39, 0.29) is 5.97 Å². The third-order valence-corrected chi connectivity index (χ3v) is 3.44. The molecule has 0 aromatic carbocycles. The molecule has 0 aliphatic heterocycles. The lowest BCUT2D eigenvalue weighted by Gasteiger charge is -2.31. The number of nitrogens with zero attached hydrogens (tertiary/aromatic N) is 1. The molecule has 1 atom stereocenters. The molecule has 0 heterocycles. The smallest absolute Gasteiger partial charge is 0.326 e. The number of esters is 1. The predicted molar refractivity (Wildman–Crippen MR) is 83.5 cm³/mol. The lowest BCUT2D eigenvalue weighted by molar-refractivity contribution is -0.151. The molecule has 1 unspecified atom stereocenters. The lowest BCUT2D eigenvalue weighted by atomic mass is 9.97. The van der Waals surface area contributed by atoms with Gasteiger partial charge in [-0.15, -0.1) is 0 Å². The van der Waals surface area contributed by atoms with E-state index in [1.807, 2.05) is 20.8 Å². The summed E-state index contributed by atoms with van der Waals surface area (Å²) in [5.41, 5.74) is -0.650. The minimum Gasteiger partial charge on any atom is -0.465 e. The maximum absolute atomic E-state index is 12.1. The Morgan fingerprint density at radius 2 is 1.67 bits per heavy atom. The van der Waals surface area contributed by atoms with E-state index in [0.717, 1.165) is 26.2 Å². The zero-order valence-corrected chi connectivity index (χ0v) is 14.2. The van der Waals surface area contributed by atoms with Crippen LogP contribution in [0.25, 0.3) is 0 Å². The molecule has 0 radical (unpaired) electrons. The van der Waals surface area contributed by atoms with Crippen LogP contribution in [-0.4, -0.2) is 76.6 Å². The van der Waals surface area contributed by atoms with Crippen LogP contribution in [0.1, 0.15) is 27.2 Å². The number of ether oxygens (including phenoxy) is 3. The molecule has 0 bridgehead atoms. The molecule has 0 aromatic heterocycles. The van der Waals surface area contributed by atoms with Gasteiger partial charge in [-0.2, -0.15) is 0 Å². The van der Waals surface area contributed by atoms with Crippen molar-refractivity contribution in [1.82, 2.24) is 10.2 Å². The summed E-state index contributed by atoms with van der Waals surface area (Å²) < 4.78 is 15.4. The lowest BCUT2D eigenvalue weighted by Crippen LogP contribution is -2.52. The van der Waals surface area contributed by atoms with E-state index in [1.54, 1.807) is 14.2 Å². The van der Waals surface area contributed by atoms with E-state index in [0.29, 0.717) is 26.2 Å². The zero-order valence-electron chi connectivity index (χ0n) is 14.2. The van der Waals surface area contributed by atoms with Crippen LogP contribution in [0.4, 0.5) is 0 Å². The Morgan fingerprint density at radius 3 is 2.10 bits per heavy atom. The fraction of sp³-hybridized carbons (Fsp3) is 0.933. The van der Waals surface area contributed by atoms with Gasteiger partial charge in [0.2, 0.25) is 0 Å². The van der Waals surface area contributed by atoms with E-state index in [4.69, 9.17) is 14.2 Å². The monoisotopic (exact) mass is 304 g/mol. The summed E-state index contributed by atoms with van der Waals surface area (Å²) in [6.07, 6.45) is 0.688. The normalized spacial score (nSPS) is 14.2. The fourth-order valence-electron chi connectivity index (χ4n) is 2.10. The van der Waals surface area contributed by atoms with Crippen molar-refractivity contribution in [3.8, 4) is 0 Å². The Labute approximate surface area is 129 Å². The van der Waals surface area contributed by atoms with E-state index in [1.165, 1.54) is 0 Å². The van der Waals surface area contributed by atoms with Gasteiger partial charge >= 0.3 is 5.97 Å². The van der Waals surface area contributed by atoms with Crippen molar-refractivity contribution < 1.29 is 19.0 Å². The van der Waals surface area contributed by atoms with Crippen molar-refractivity contribution in [1.29, 1.82) is 0 Å². The highest BCUT2D eigenvalue weighted by molar-refractivity contribution is 5.80. The van der Waals surface area contributed by atoms with E-state index >= 15 is 0 Å². The van der Waals surface area contributed by atoms with Gasteiger partial charge in [0.25, 0.3) is 0 Å². The summed E-state index contributed by atoms with van der Waals surface area (Å²) >= 11 is 0. The summed E-state index contributed by atoms with van der Waals surface area (Å²) in [4.78, 5) is 14.4. The Kier molecular flexibility index (Phi) is 11.5. The molecule has 6 heteroatoms. The molecule has 0 aliphatic carbocycles.